The molecule has 0 bridgehead atoms. The van der Waals surface area contributed by atoms with Gasteiger partial charge in [0.1, 0.15) is 5.82 Å². The van der Waals surface area contributed by atoms with Crippen molar-refractivity contribution in [3.63, 3.8) is 0 Å². The number of hydrogen-bond acceptors (Lipinski definition) is 4. The molecule has 0 radical (unpaired) electrons. The third kappa shape index (κ3) is 3.55. The van der Waals surface area contributed by atoms with Crippen LogP contribution in [0.25, 0.3) is 17.3 Å². The lowest BCUT2D eigenvalue weighted by Crippen LogP contribution is -2.08. The molecule has 130 valence electrons. The summed E-state index contributed by atoms with van der Waals surface area (Å²) in [5.41, 5.74) is 11.6. The van der Waals surface area contributed by atoms with Crippen LogP contribution in [0.2, 0.25) is 5.02 Å². The Hall–Kier alpha value is -2.85. The van der Waals surface area contributed by atoms with Crippen molar-refractivity contribution in [2.24, 2.45) is 0 Å². The van der Waals surface area contributed by atoms with Gasteiger partial charge in [-0.15, -0.1) is 0 Å². The maximum atomic E-state index is 5.95. The Morgan fingerprint density at radius 2 is 1.92 bits per heavy atom. The Bertz CT molecular complexity index is 964. The molecule has 1 aliphatic carbocycles. The summed E-state index contributed by atoms with van der Waals surface area (Å²) >= 11 is 5.92. The summed E-state index contributed by atoms with van der Waals surface area (Å²) in [6.45, 7) is 0.754. The molecule has 0 atom stereocenters. The fourth-order valence-corrected chi connectivity index (χ4v) is 3.32. The molecule has 0 fully saturated rings. The Kier molecular flexibility index (Phi) is 4.59. The minimum Gasteiger partial charge on any atom is -0.370 e. The Morgan fingerprint density at radius 1 is 1.08 bits per heavy atom. The zero-order valence-electron chi connectivity index (χ0n) is 14.2. The Morgan fingerprint density at radius 3 is 2.77 bits per heavy atom. The van der Waals surface area contributed by atoms with Gasteiger partial charge >= 0.3 is 0 Å². The van der Waals surface area contributed by atoms with E-state index in [4.69, 9.17) is 17.3 Å². The number of anilines is 2. The fraction of sp³-hybridized carbons (Fsp3) is 0.143. The number of allylic oxidation sites excluding steroid dienone is 1. The van der Waals surface area contributed by atoms with Crippen LogP contribution in [-0.4, -0.2) is 16.5 Å². The quantitative estimate of drug-likeness (QED) is 0.696. The molecule has 1 aromatic heterocycles. The largest absolute Gasteiger partial charge is 0.370 e. The Labute approximate surface area is 157 Å². The first kappa shape index (κ1) is 16.6. The normalized spacial score (nSPS) is 12.2. The second-order valence-corrected chi connectivity index (χ2v) is 6.72. The lowest BCUT2D eigenvalue weighted by atomic mass is 10.0. The zero-order chi connectivity index (χ0) is 17.9. The van der Waals surface area contributed by atoms with E-state index in [1.165, 1.54) is 16.7 Å². The van der Waals surface area contributed by atoms with Crippen LogP contribution in [0.1, 0.15) is 16.7 Å². The molecule has 0 saturated heterocycles. The second-order valence-electron chi connectivity index (χ2n) is 6.28. The van der Waals surface area contributed by atoms with E-state index >= 15 is 0 Å². The fourth-order valence-electron chi connectivity index (χ4n) is 3.20. The monoisotopic (exact) mass is 362 g/mol. The van der Waals surface area contributed by atoms with Crippen molar-refractivity contribution in [3.05, 3.63) is 76.3 Å². The summed E-state index contributed by atoms with van der Waals surface area (Å²) in [5.74, 6) is 1.01. The molecule has 3 aromatic rings. The summed E-state index contributed by atoms with van der Waals surface area (Å²) in [4.78, 5) is 8.75. The minimum absolute atomic E-state index is 0.274. The van der Waals surface area contributed by atoms with Crippen molar-refractivity contribution in [1.82, 2.24) is 9.97 Å². The third-order valence-electron chi connectivity index (χ3n) is 4.47. The average Bonchev–Trinajstić information content (AvgIpc) is 3.12. The summed E-state index contributed by atoms with van der Waals surface area (Å²) in [6, 6.07) is 16.1. The topological polar surface area (TPSA) is 63.8 Å². The van der Waals surface area contributed by atoms with E-state index in [1.54, 1.807) is 0 Å². The summed E-state index contributed by atoms with van der Waals surface area (Å²) < 4.78 is 0. The number of nitrogens with two attached hydrogens (primary N) is 1. The predicted molar refractivity (Wildman–Crippen MR) is 108 cm³/mol. The number of rotatable bonds is 5. The van der Waals surface area contributed by atoms with E-state index in [0.29, 0.717) is 0 Å². The van der Waals surface area contributed by atoms with Crippen molar-refractivity contribution in [3.8, 4) is 11.3 Å². The zero-order valence-corrected chi connectivity index (χ0v) is 15.0. The smallest absolute Gasteiger partial charge is 0.222 e. The lowest BCUT2D eigenvalue weighted by molar-refractivity contribution is 1.00. The number of aromatic nitrogens is 2. The lowest BCUT2D eigenvalue weighted by Gasteiger charge is -2.11. The SMILES string of the molecule is Nc1nc(NCCc2ccc(Cl)cc2)cc(-c2cccc3c2C=CC3)n1. The summed E-state index contributed by atoms with van der Waals surface area (Å²) in [6.07, 6.45) is 6.16. The summed E-state index contributed by atoms with van der Waals surface area (Å²) in [7, 11) is 0. The number of fused-ring (bicyclic) bond motifs is 1. The minimum atomic E-state index is 0.274. The van der Waals surface area contributed by atoms with Crippen LogP contribution in [0.3, 0.4) is 0 Å². The number of nitrogen functional groups attached to an aromatic ring is 1. The molecule has 5 heteroatoms. The number of nitrogens with one attached hydrogen (secondary N) is 1. The molecular weight excluding hydrogens is 344 g/mol. The number of nitrogens with zero attached hydrogens (tertiary/aromatic N) is 2. The molecule has 0 amide bonds. The summed E-state index contributed by atoms with van der Waals surface area (Å²) in [5, 5.41) is 4.09. The first-order valence-electron chi connectivity index (χ1n) is 8.61. The van der Waals surface area contributed by atoms with Gasteiger partial charge < -0.3 is 11.1 Å². The maximum Gasteiger partial charge on any atom is 0.222 e. The van der Waals surface area contributed by atoms with Crippen molar-refractivity contribution >= 4 is 29.4 Å². The van der Waals surface area contributed by atoms with Crippen molar-refractivity contribution in [2.75, 3.05) is 17.6 Å². The van der Waals surface area contributed by atoms with E-state index in [0.717, 1.165) is 41.5 Å². The number of halogens is 1. The third-order valence-corrected chi connectivity index (χ3v) is 4.72. The molecule has 0 aliphatic heterocycles. The predicted octanol–water partition coefficient (Wildman–Crippen LogP) is 4.60. The van der Waals surface area contributed by atoms with Gasteiger partial charge in [0, 0.05) is 23.2 Å². The van der Waals surface area contributed by atoms with Crippen LogP contribution >= 0.6 is 11.6 Å². The first-order chi connectivity index (χ1) is 12.7. The van der Waals surface area contributed by atoms with Gasteiger partial charge in [0.25, 0.3) is 0 Å². The molecule has 3 N–H and O–H groups in total. The van der Waals surface area contributed by atoms with Crippen LogP contribution in [0.15, 0.2) is 54.6 Å². The van der Waals surface area contributed by atoms with Crippen LogP contribution in [0, 0.1) is 0 Å². The molecule has 1 aliphatic rings. The van der Waals surface area contributed by atoms with Gasteiger partial charge in [0.2, 0.25) is 5.95 Å². The highest BCUT2D eigenvalue weighted by molar-refractivity contribution is 6.30. The van der Waals surface area contributed by atoms with Crippen LogP contribution in [0.5, 0.6) is 0 Å². The molecule has 2 aromatic carbocycles. The van der Waals surface area contributed by atoms with E-state index < -0.39 is 0 Å². The van der Waals surface area contributed by atoms with Gasteiger partial charge in [0.15, 0.2) is 0 Å². The van der Waals surface area contributed by atoms with E-state index in [9.17, 15) is 0 Å². The second kappa shape index (κ2) is 7.18. The van der Waals surface area contributed by atoms with E-state index in [-0.39, 0.29) is 5.95 Å². The van der Waals surface area contributed by atoms with Crippen LogP contribution < -0.4 is 11.1 Å². The van der Waals surface area contributed by atoms with Gasteiger partial charge in [-0.2, -0.15) is 4.98 Å². The number of hydrogen-bond donors (Lipinski definition) is 2. The molecule has 26 heavy (non-hydrogen) atoms. The average molecular weight is 363 g/mol. The molecule has 0 unspecified atom stereocenters. The van der Waals surface area contributed by atoms with Crippen LogP contribution in [0.4, 0.5) is 11.8 Å². The molecule has 0 spiro atoms. The highest BCUT2D eigenvalue weighted by atomic mass is 35.5. The van der Waals surface area contributed by atoms with Crippen molar-refractivity contribution in [1.29, 1.82) is 0 Å². The van der Waals surface area contributed by atoms with Gasteiger partial charge in [-0.3, -0.25) is 0 Å². The van der Waals surface area contributed by atoms with Crippen LogP contribution in [-0.2, 0) is 12.8 Å². The molecule has 1 heterocycles. The maximum absolute atomic E-state index is 5.95. The highest BCUT2D eigenvalue weighted by Gasteiger charge is 2.13. The number of benzene rings is 2. The molecule has 4 rings (SSSR count). The van der Waals surface area contributed by atoms with Crippen molar-refractivity contribution < 1.29 is 0 Å². The van der Waals surface area contributed by atoms with Gasteiger partial charge in [-0.25, -0.2) is 4.98 Å². The molecule has 0 saturated carbocycles. The highest BCUT2D eigenvalue weighted by Crippen LogP contribution is 2.31. The molecule has 4 nitrogen and oxygen atoms in total. The van der Waals surface area contributed by atoms with Gasteiger partial charge in [-0.1, -0.05) is 54.1 Å². The van der Waals surface area contributed by atoms with E-state index in [1.807, 2.05) is 30.3 Å². The first-order valence-corrected chi connectivity index (χ1v) is 8.98. The van der Waals surface area contributed by atoms with Gasteiger partial charge in [0.05, 0.1) is 5.69 Å². The molecular formula is C21H19ClN4. The van der Waals surface area contributed by atoms with Crippen molar-refractivity contribution in [2.45, 2.75) is 12.8 Å². The standard InChI is InChI=1S/C21H19ClN4/c22-16-9-7-14(8-10-16)11-12-24-20-13-19(25-21(23)26-20)18-6-2-4-15-3-1-5-17(15)18/h1-2,4-10,13H,3,11-12H2,(H3,23,24,25,26). The Balaban J connectivity index is 1.52. The van der Waals surface area contributed by atoms with Gasteiger partial charge in [-0.05, 0) is 41.7 Å². The van der Waals surface area contributed by atoms with E-state index in [2.05, 4.69) is 45.6 Å².